The summed E-state index contributed by atoms with van der Waals surface area (Å²) < 4.78 is 10.0. The summed E-state index contributed by atoms with van der Waals surface area (Å²) in [6, 6.07) is 5.79. The van der Waals surface area contributed by atoms with E-state index in [1.165, 1.54) is 35.4 Å². The molecular weight excluding hydrogens is 394 g/mol. The highest BCUT2D eigenvalue weighted by molar-refractivity contribution is 5.99. The van der Waals surface area contributed by atoms with Gasteiger partial charge in [0.05, 0.1) is 18.1 Å². The molecule has 11 nitrogen and oxygen atoms in total. The van der Waals surface area contributed by atoms with Crippen LogP contribution in [0.15, 0.2) is 35.1 Å². The number of nitrogens with zero attached hydrogens (tertiary/aromatic N) is 4. The van der Waals surface area contributed by atoms with Crippen LogP contribution in [0, 0.1) is 17.0 Å². The number of nitrogens with one attached hydrogen (secondary N) is 1. The average Bonchev–Trinajstić information content (AvgIpc) is 3.24. The average molecular weight is 417 g/mol. The first-order chi connectivity index (χ1) is 14.4. The van der Waals surface area contributed by atoms with Gasteiger partial charge in [-0.3, -0.25) is 24.6 Å². The minimum absolute atomic E-state index is 0.138. The summed E-state index contributed by atoms with van der Waals surface area (Å²) >= 11 is 0. The fourth-order valence-corrected chi connectivity index (χ4v) is 3.09. The number of morpholine rings is 1. The van der Waals surface area contributed by atoms with Gasteiger partial charge >= 0.3 is 0 Å². The van der Waals surface area contributed by atoms with Crippen LogP contribution in [0.25, 0.3) is 0 Å². The number of ether oxygens (including phenoxy) is 1. The number of aryl methyl sites for hydroxylation is 1. The van der Waals surface area contributed by atoms with Gasteiger partial charge in [-0.25, -0.2) is 0 Å². The maximum Gasteiger partial charge on any atom is 0.273 e. The molecular formula is C19H23N5O6. The quantitative estimate of drug-likeness (QED) is 0.502. The number of amides is 2. The molecule has 1 fully saturated rings. The van der Waals surface area contributed by atoms with Gasteiger partial charge in [0, 0.05) is 49.4 Å². The zero-order chi connectivity index (χ0) is 21.5. The van der Waals surface area contributed by atoms with Gasteiger partial charge in [0.25, 0.3) is 11.6 Å². The second-order valence-electron chi connectivity index (χ2n) is 6.87. The predicted molar refractivity (Wildman–Crippen MR) is 106 cm³/mol. The number of rotatable bonds is 8. The van der Waals surface area contributed by atoms with Gasteiger partial charge < -0.3 is 19.5 Å². The molecule has 1 aliphatic rings. The van der Waals surface area contributed by atoms with Crippen LogP contribution in [0.5, 0.6) is 0 Å². The van der Waals surface area contributed by atoms with E-state index in [0.29, 0.717) is 25.3 Å². The van der Waals surface area contributed by atoms with Crippen molar-refractivity contribution in [2.24, 2.45) is 0 Å². The highest BCUT2D eigenvalue weighted by Gasteiger charge is 2.23. The maximum atomic E-state index is 13.1. The Morgan fingerprint density at radius 1 is 1.30 bits per heavy atom. The molecule has 0 atom stereocenters. The van der Waals surface area contributed by atoms with Crippen LogP contribution in [0.2, 0.25) is 0 Å². The Kier molecular flexibility index (Phi) is 7.09. The first-order valence-corrected chi connectivity index (χ1v) is 9.48. The number of aromatic nitrogens is 1. The Labute approximate surface area is 172 Å². The molecule has 2 aromatic rings. The van der Waals surface area contributed by atoms with E-state index in [9.17, 15) is 19.7 Å². The minimum atomic E-state index is -0.526. The van der Waals surface area contributed by atoms with Gasteiger partial charge in [-0.15, -0.1) is 0 Å². The van der Waals surface area contributed by atoms with E-state index in [1.54, 1.807) is 6.92 Å². The van der Waals surface area contributed by atoms with Crippen LogP contribution >= 0.6 is 0 Å². The number of carbonyl (C=O) groups excluding carboxylic acids is 2. The van der Waals surface area contributed by atoms with Crippen LogP contribution in [0.1, 0.15) is 15.9 Å². The molecule has 2 heterocycles. The molecule has 3 rings (SSSR count). The van der Waals surface area contributed by atoms with Crippen molar-refractivity contribution in [3.8, 4) is 0 Å². The molecule has 0 aliphatic carbocycles. The lowest BCUT2D eigenvalue weighted by atomic mass is 10.1. The van der Waals surface area contributed by atoms with Crippen molar-refractivity contribution < 1.29 is 23.8 Å². The first-order valence-electron chi connectivity index (χ1n) is 9.48. The molecule has 0 bridgehead atoms. The largest absolute Gasteiger partial charge is 0.379 e. The highest BCUT2D eigenvalue weighted by atomic mass is 16.6. The fourth-order valence-electron chi connectivity index (χ4n) is 3.09. The Morgan fingerprint density at radius 2 is 2.07 bits per heavy atom. The highest BCUT2D eigenvalue weighted by Crippen LogP contribution is 2.20. The Hall–Kier alpha value is -3.31. The molecule has 1 aliphatic heterocycles. The van der Waals surface area contributed by atoms with Gasteiger partial charge in [-0.05, 0) is 13.0 Å². The molecule has 0 radical (unpaired) electrons. The summed E-state index contributed by atoms with van der Waals surface area (Å²) in [5.74, 6) is -0.658. The number of hydrogen-bond donors (Lipinski definition) is 1. The Balaban J connectivity index is 1.74. The molecule has 0 unspecified atom stereocenters. The number of nitro benzene ring substituents is 1. The number of benzene rings is 1. The van der Waals surface area contributed by atoms with Gasteiger partial charge in [-0.1, -0.05) is 11.2 Å². The number of carbonyl (C=O) groups is 2. The summed E-state index contributed by atoms with van der Waals surface area (Å²) in [5, 5.41) is 17.4. The van der Waals surface area contributed by atoms with E-state index < -0.39 is 16.7 Å². The zero-order valence-electron chi connectivity index (χ0n) is 16.6. The van der Waals surface area contributed by atoms with Crippen LogP contribution in [0.3, 0.4) is 0 Å². The summed E-state index contributed by atoms with van der Waals surface area (Å²) in [6.45, 7) is 4.93. The predicted octanol–water partition coefficient (Wildman–Crippen LogP) is 1.30. The van der Waals surface area contributed by atoms with E-state index >= 15 is 0 Å². The molecule has 1 saturated heterocycles. The van der Waals surface area contributed by atoms with Crippen molar-refractivity contribution in [2.45, 2.75) is 6.92 Å². The van der Waals surface area contributed by atoms with Crippen molar-refractivity contribution in [2.75, 3.05) is 51.3 Å². The normalized spacial score (nSPS) is 14.3. The maximum absolute atomic E-state index is 13.1. The van der Waals surface area contributed by atoms with Crippen LogP contribution in [-0.2, 0) is 9.53 Å². The van der Waals surface area contributed by atoms with E-state index in [-0.39, 0.29) is 30.2 Å². The van der Waals surface area contributed by atoms with Crippen molar-refractivity contribution in [3.63, 3.8) is 0 Å². The molecule has 1 aromatic heterocycles. The van der Waals surface area contributed by atoms with Crippen molar-refractivity contribution >= 4 is 23.3 Å². The minimum Gasteiger partial charge on any atom is -0.379 e. The number of hydrogen-bond acceptors (Lipinski definition) is 8. The summed E-state index contributed by atoms with van der Waals surface area (Å²) in [5.41, 5.74) is 0.477. The van der Waals surface area contributed by atoms with Crippen molar-refractivity contribution in [1.82, 2.24) is 15.0 Å². The topological polar surface area (TPSA) is 131 Å². The molecule has 1 N–H and O–H groups in total. The third kappa shape index (κ3) is 5.61. The first kappa shape index (κ1) is 21.4. The van der Waals surface area contributed by atoms with Crippen molar-refractivity contribution in [3.05, 3.63) is 51.8 Å². The van der Waals surface area contributed by atoms with Crippen LogP contribution in [-0.4, -0.2) is 77.6 Å². The lowest BCUT2D eigenvalue weighted by Crippen LogP contribution is -2.45. The monoisotopic (exact) mass is 417 g/mol. The molecule has 1 aromatic carbocycles. The molecule has 11 heteroatoms. The van der Waals surface area contributed by atoms with E-state index in [1.807, 2.05) is 0 Å². The smallest absolute Gasteiger partial charge is 0.273 e. The second-order valence-corrected chi connectivity index (χ2v) is 6.87. The van der Waals surface area contributed by atoms with Gasteiger partial charge in [-0.2, -0.15) is 0 Å². The second kappa shape index (κ2) is 9.94. The zero-order valence-corrected chi connectivity index (χ0v) is 16.6. The lowest BCUT2D eigenvalue weighted by molar-refractivity contribution is -0.385. The third-order valence-corrected chi connectivity index (χ3v) is 4.77. The van der Waals surface area contributed by atoms with Gasteiger partial charge in [0.1, 0.15) is 12.8 Å². The molecule has 160 valence electrons. The van der Waals surface area contributed by atoms with E-state index in [4.69, 9.17) is 4.74 Å². The summed E-state index contributed by atoms with van der Waals surface area (Å²) in [7, 11) is 0. The Morgan fingerprint density at radius 3 is 2.73 bits per heavy atom. The molecule has 0 spiro atoms. The summed E-state index contributed by atoms with van der Waals surface area (Å²) in [4.78, 5) is 39.7. The summed E-state index contributed by atoms with van der Waals surface area (Å²) in [6.07, 6.45) is 1.32. The fraction of sp³-hybridized carbons (Fsp3) is 0.421. The third-order valence-electron chi connectivity index (χ3n) is 4.77. The molecule has 2 amide bonds. The van der Waals surface area contributed by atoms with Gasteiger partial charge in [0.15, 0.2) is 5.82 Å². The number of nitro groups is 1. The molecule has 30 heavy (non-hydrogen) atoms. The van der Waals surface area contributed by atoms with Crippen LogP contribution < -0.4 is 5.32 Å². The van der Waals surface area contributed by atoms with Crippen molar-refractivity contribution in [1.29, 1.82) is 0 Å². The lowest BCUT2D eigenvalue weighted by Gasteiger charge is -2.30. The Bertz CT molecular complexity index is 895. The number of anilines is 1. The van der Waals surface area contributed by atoms with E-state index in [2.05, 4.69) is 19.9 Å². The molecule has 0 saturated carbocycles. The van der Waals surface area contributed by atoms with Crippen LogP contribution in [0.4, 0.5) is 11.5 Å². The standard InChI is InChI=1S/C19H23N5O6/c1-14-2-3-15(12-16(14)24(27)28)19(26)23(6-5-22-7-10-29-11-8-22)13-18(25)20-17-4-9-30-21-17/h2-4,9,12H,5-8,10-11,13H2,1H3,(H,20,21,25). The van der Waals surface area contributed by atoms with Gasteiger partial charge in [0.2, 0.25) is 5.91 Å². The van der Waals surface area contributed by atoms with E-state index in [0.717, 1.165) is 13.1 Å². The SMILES string of the molecule is Cc1ccc(C(=O)N(CCN2CCOCC2)CC(=O)Nc2ccon2)cc1[N+](=O)[O-].